The SMILES string of the molecule is Cc1ccccc1C(O)c1cc(Cl)sc1Cl. The number of aryl methyl sites for hydroxylation is 1. The Balaban J connectivity index is 2.43. The highest BCUT2D eigenvalue weighted by molar-refractivity contribution is 7.20. The molecule has 84 valence electrons. The standard InChI is InChI=1S/C12H10Cl2OS/c1-7-4-2-3-5-8(7)11(15)9-6-10(13)16-12(9)14/h2-6,11,15H,1H3. The largest absolute Gasteiger partial charge is 0.384 e. The molecular weight excluding hydrogens is 263 g/mol. The van der Waals surface area contributed by atoms with Crippen molar-refractivity contribution >= 4 is 34.5 Å². The maximum Gasteiger partial charge on any atom is 0.107 e. The van der Waals surface area contributed by atoms with Crippen molar-refractivity contribution in [3.05, 3.63) is 55.7 Å². The molecular formula is C12H10Cl2OS. The second kappa shape index (κ2) is 4.76. The van der Waals surface area contributed by atoms with Crippen molar-refractivity contribution < 1.29 is 5.11 Å². The smallest absolute Gasteiger partial charge is 0.107 e. The molecule has 0 bridgehead atoms. The Bertz CT molecular complexity index is 507. The van der Waals surface area contributed by atoms with Crippen LogP contribution in [0.3, 0.4) is 0 Å². The summed E-state index contributed by atoms with van der Waals surface area (Å²) in [4.78, 5) is 0. The summed E-state index contributed by atoms with van der Waals surface area (Å²) in [5, 5.41) is 10.2. The molecule has 16 heavy (non-hydrogen) atoms. The van der Waals surface area contributed by atoms with E-state index in [1.165, 1.54) is 11.3 Å². The molecule has 0 radical (unpaired) electrons. The van der Waals surface area contributed by atoms with Crippen molar-refractivity contribution in [2.45, 2.75) is 13.0 Å². The fraction of sp³-hybridized carbons (Fsp3) is 0.167. The van der Waals surface area contributed by atoms with Gasteiger partial charge in [0.1, 0.15) is 10.4 Å². The highest BCUT2D eigenvalue weighted by Gasteiger charge is 2.18. The Morgan fingerprint density at radius 1 is 1.19 bits per heavy atom. The minimum absolute atomic E-state index is 0.542. The van der Waals surface area contributed by atoms with Gasteiger partial charge in [0.25, 0.3) is 0 Å². The van der Waals surface area contributed by atoms with E-state index < -0.39 is 6.10 Å². The summed E-state index contributed by atoms with van der Waals surface area (Å²) in [7, 11) is 0. The van der Waals surface area contributed by atoms with Gasteiger partial charge in [-0.25, -0.2) is 0 Å². The average Bonchev–Trinajstić information content (AvgIpc) is 2.58. The molecule has 1 heterocycles. The number of rotatable bonds is 2. The van der Waals surface area contributed by atoms with Crippen LogP contribution in [0, 0.1) is 6.92 Å². The quantitative estimate of drug-likeness (QED) is 0.857. The van der Waals surface area contributed by atoms with Crippen LogP contribution < -0.4 is 0 Å². The van der Waals surface area contributed by atoms with E-state index >= 15 is 0 Å². The molecule has 0 fully saturated rings. The molecule has 1 aromatic carbocycles. The Hall–Kier alpha value is -0.540. The molecule has 0 aliphatic rings. The summed E-state index contributed by atoms with van der Waals surface area (Å²) in [5.74, 6) is 0. The van der Waals surface area contributed by atoms with Gasteiger partial charge in [-0.15, -0.1) is 11.3 Å². The van der Waals surface area contributed by atoms with Crippen LogP contribution in [0.5, 0.6) is 0 Å². The maximum absolute atomic E-state index is 10.2. The minimum Gasteiger partial charge on any atom is -0.384 e. The van der Waals surface area contributed by atoms with Crippen LogP contribution in [0.2, 0.25) is 8.67 Å². The summed E-state index contributed by atoms with van der Waals surface area (Å²) in [6, 6.07) is 9.40. The summed E-state index contributed by atoms with van der Waals surface area (Å²) < 4.78 is 1.13. The van der Waals surface area contributed by atoms with Crippen molar-refractivity contribution in [2.75, 3.05) is 0 Å². The van der Waals surface area contributed by atoms with Gasteiger partial charge < -0.3 is 5.11 Å². The van der Waals surface area contributed by atoms with Gasteiger partial charge in [0.2, 0.25) is 0 Å². The fourth-order valence-corrected chi connectivity index (χ4v) is 3.12. The van der Waals surface area contributed by atoms with E-state index in [0.29, 0.717) is 14.2 Å². The predicted molar refractivity (Wildman–Crippen MR) is 69.6 cm³/mol. The molecule has 0 amide bonds. The third-order valence-corrected chi connectivity index (χ3v) is 3.98. The first kappa shape index (κ1) is 11.9. The van der Waals surface area contributed by atoms with Gasteiger partial charge >= 0.3 is 0 Å². The van der Waals surface area contributed by atoms with Crippen LogP contribution in [0.4, 0.5) is 0 Å². The molecule has 1 aromatic heterocycles. The molecule has 2 rings (SSSR count). The minimum atomic E-state index is -0.711. The van der Waals surface area contributed by atoms with E-state index in [-0.39, 0.29) is 0 Å². The van der Waals surface area contributed by atoms with Crippen LogP contribution in [-0.2, 0) is 0 Å². The molecule has 0 saturated carbocycles. The molecule has 1 nitrogen and oxygen atoms in total. The molecule has 1 atom stereocenters. The molecule has 0 spiro atoms. The van der Waals surface area contributed by atoms with Crippen LogP contribution in [0.25, 0.3) is 0 Å². The lowest BCUT2D eigenvalue weighted by atomic mass is 10.00. The number of hydrogen-bond acceptors (Lipinski definition) is 2. The Morgan fingerprint density at radius 2 is 1.88 bits per heavy atom. The van der Waals surface area contributed by atoms with E-state index in [0.717, 1.165) is 11.1 Å². The first-order valence-electron chi connectivity index (χ1n) is 4.78. The van der Waals surface area contributed by atoms with E-state index in [1.807, 2.05) is 31.2 Å². The van der Waals surface area contributed by atoms with Crippen molar-refractivity contribution in [1.82, 2.24) is 0 Å². The van der Waals surface area contributed by atoms with Gasteiger partial charge in [-0.1, -0.05) is 47.5 Å². The topological polar surface area (TPSA) is 20.2 Å². The number of benzene rings is 1. The third kappa shape index (κ3) is 2.25. The lowest BCUT2D eigenvalue weighted by Crippen LogP contribution is -2.00. The van der Waals surface area contributed by atoms with Crippen molar-refractivity contribution in [3.63, 3.8) is 0 Å². The zero-order valence-corrected chi connectivity index (χ0v) is 10.9. The zero-order chi connectivity index (χ0) is 11.7. The van der Waals surface area contributed by atoms with Gasteiger partial charge in [-0.3, -0.25) is 0 Å². The monoisotopic (exact) mass is 272 g/mol. The number of aliphatic hydroxyl groups excluding tert-OH is 1. The summed E-state index contributed by atoms with van der Waals surface area (Å²) in [5.41, 5.74) is 2.57. The second-order valence-corrected chi connectivity index (χ2v) is 5.82. The molecule has 4 heteroatoms. The van der Waals surface area contributed by atoms with E-state index in [1.54, 1.807) is 6.07 Å². The van der Waals surface area contributed by atoms with Crippen LogP contribution in [0.15, 0.2) is 30.3 Å². The lowest BCUT2D eigenvalue weighted by molar-refractivity contribution is 0.220. The highest BCUT2D eigenvalue weighted by Crippen LogP contribution is 2.37. The molecule has 1 unspecified atom stereocenters. The number of aliphatic hydroxyl groups is 1. The molecule has 1 N–H and O–H groups in total. The Kier molecular flexibility index (Phi) is 3.55. The number of hydrogen-bond donors (Lipinski definition) is 1. The Morgan fingerprint density at radius 3 is 2.44 bits per heavy atom. The highest BCUT2D eigenvalue weighted by atomic mass is 35.5. The first-order chi connectivity index (χ1) is 7.59. The van der Waals surface area contributed by atoms with Crippen molar-refractivity contribution in [2.24, 2.45) is 0 Å². The van der Waals surface area contributed by atoms with Crippen molar-refractivity contribution in [3.8, 4) is 0 Å². The fourth-order valence-electron chi connectivity index (χ4n) is 1.60. The van der Waals surface area contributed by atoms with Gasteiger partial charge in [-0.2, -0.15) is 0 Å². The zero-order valence-electron chi connectivity index (χ0n) is 8.58. The van der Waals surface area contributed by atoms with E-state index in [2.05, 4.69) is 0 Å². The van der Waals surface area contributed by atoms with Gasteiger partial charge in [0.15, 0.2) is 0 Å². The normalized spacial score (nSPS) is 12.8. The van der Waals surface area contributed by atoms with Gasteiger partial charge in [-0.05, 0) is 24.1 Å². The van der Waals surface area contributed by atoms with Gasteiger partial charge in [0.05, 0.1) is 4.34 Å². The van der Waals surface area contributed by atoms with Crippen LogP contribution in [-0.4, -0.2) is 5.11 Å². The molecule has 2 aromatic rings. The summed E-state index contributed by atoms with van der Waals surface area (Å²) in [6.07, 6.45) is -0.711. The second-order valence-electron chi connectivity index (χ2n) is 3.54. The lowest BCUT2D eigenvalue weighted by Gasteiger charge is -2.12. The third-order valence-electron chi connectivity index (χ3n) is 2.46. The molecule has 0 aliphatic carbocycles. The average molecular weight is 273 g/mol. The van der Waals surface area contributed by atoms with E-state index in [4.69, 9.17) is 23.2 Å². The van der Waals surface area contributed by atoms with Crippen LogP contribution >= 0.6 is 34.5 Å². The molecule has 0 aliphatic heterocycles. The maximum atomic E-state index is 10.2. The van der Waals surface area contributed by atoms with Crippen molar-refractivity contribution in [1.29, 1.82) is 0 Å². The van der Waals surface area contributed by atoms with Gasteiger partial charge in [0, 0.05) is 5.56 Å². The first-order valence-corrected chi connectivity index (χ1v) is 6.35. The summed E-state index contributed by atoms with van der Waals surface area (Å²) >= 11 is 13.1. The Labute approximate surface area is 108 Å². The molecule has 0 saturated heterocycles. The van der Waals surface area contributed by atoms with Crippen LogP contribution in [0.1, 0.15) is 22.8 Å². The predicted octanol–water partition coefficient (Wildman–Crippen LogP) is 4.45. The summed E-state index contributed by atoms with van der Waals surface area (Å²) in [6.45, 7) is 1.96. The van der Waals surface area contributed by atoms with E-state index in [9.17, 15) is 5.11 Å². The number of halogens is 2. The number of thiophene rings is 1.